The average molecular weight is 389 g/mol. The molecule has 2 rings (SSSR count). The number of likely N-dealkylation sites (tertiary alicyclic amines) is 1. The van der Waals surface area contributed by atoms with E-state index in [-0.39, 0.29) is 5.91 Å². The van der Waals surface area contributed by atoms with E-state index in [0.717, 1.165) is 44.1 Å². The molecule has 0 bridgehead atoms. The number of amides is 1. The number of ether oxygens (including phenoxy) is 1. The van der Waals surface area contributed by atoms with Crippen LogP contribution in [0.4, 0.5) is 0 Å². The number of hydrogen-bond acceptors (Lipinski definition) is 3. The molecule has 1 aliphatic rings. The molecule has 1 aromatic rings. The Morgan fingerprint density at radius 3 is 2.61 bits per heavy atom. The molecule has 1 fully saturated rings. The Labute approximate surface area is 169 Å². The molecule has 28 heavy (non-hydrogen) atoms. The van der Waals surface area contributed by atoms with Crippen molar-refractivity contribution in [2.45, 2.75) is 57.9 Å². The Balaban J connectivity index is 1.67. The summed E-state index contributed by atoms with van der Waals surface area (Å²) in [6.45, 7) is 6.70. The molecule has 1 aromatic carbocycles. The van der Waals surface area contributed by atoms with Gasteiger partial charge >= 0.3 is 0 Å². The number of hydrogen-bond donors (Lipinski definition) is 2. The Hall–Kier alpha value is -2.24. The van der Waals surface area contributed by atoms with Gasteiger partial charge in [-0.3, -0.25) is 9.79 Å². The van der Waals surface area contributed by atoms with Crippen molar-refractivity contribution in [1.29, 1.82) is 0 Å². The molecule has 0 radical (unpaired) electrons. The van der Waals surface area contributed by atoms with Gasteiger partial charge in [0.2, 0.25) is 5.91 Å². The van der Waals surface area contributed by atoms with Crippen LogP contribution in [0.2, 0.25) is 0 Å². The number of carbonyl (C=O) groups is 1. The molecule has 0 aliphatic carbocycles. The van der Waals surface area contributed by atoms with E-state index in [0.29, 0.717) is 24.9 Å². The summed E-state index contributed by atoms with van der Waals surface area (Å²) in [7, 11) is 3.44. The SMILES string of the molecule is CN=C(NCCC(=O)N1CCCCC1C)NCCC(C)c1ccc(OC)cc1. The van der Waals surface area contributed by atoms with Crippen LogP contribution in [0.5, 0.6) is 5.75 Å². The molecule has 0 spiro atoms. The highest BCUT2D eigenvalue weighted by Gasteiger charge is 2.22. The zero-order valence-electron chi connectivity index (χ0n) is 17.8. The number of piperidine rings is 1. The van der Waals surface area contributed by atoms with Gasteiger partial charge in [-0.1, -0.05) is 19.1 Å². The molecule has 1 heterocycles. The van der Waals surface area contributed by atoms with Crippen molar-refractivity contribution < 1.29 is 9.53 Å². The van der Waals surface area contributed by atoms with E-state index in [1.165, 1.54) is 12.0 Å². The van der Waals surface area contributed by atoms with Crippen LogP contribution in [-0.4, -0.2) is 56.6 Å². The predicted molar refractivity (Wildman–Crippen MR) is 115 cm³/mol. The van der Waals surface area contributed by atoms with Gasteiger partial charge in [0.1, 0.15) is 5.75 Å². The molecule has 0 saturated carbocycles. The quantitative estimate of drug-likeness (QED) is 0.530. The van der Waals surface area contributed by atoms with Crippen molar-refractivity contribution in [3.63, 3.8) is 0 Å². The lowest BCUT2D eigenvalue weighted by atomic mass is 9.98. The lowest BCUT2D eigenvalue weighted by molar-refractivity contribution is -0.134. The summed E-state index contributed by atoms with van der Waals surface area (Å²) < 4.78 is 5.21. The third-order valence-corrected chi connectivity index (χ3v) is 5.53. The van der Waals surface area contributed by atoms with Crippen LogP contribution in [0.3, 0.4) is 0 Å². The van der Waals surface area contributed by atoms with Crippen LogP contribution in [-0.2, 0) is 4.79 Å². The van der Waals surface area contributed by atoms with E-state index in [1.54, 1.807) is 14.2 Å². The van der Waals surface area contributed by atoms with Crippen LogP contribution in [0.25, 0.3) is 0 Å². The van der Waals surface area contributed by atoms with E-state index in [9.17, 15) is 4.79 Å². The topological polar surface area (TPSA) is 66.0 Å². The lowest BCUT2D eigenvalue weighted by Gasteiger charge is -2.33. The van der Waals surface area contributed by atoms with E-state index in [4.69, 9.17) is 4.74 Å². The van der Waals surface area contributed by atoms with E-state index >= 15 is 0 Å². The van der Waals surface area contributed by atoms with Gasteiger partial charge in [0, 0.05) is 39.1 Å². The van der Waals surface area contributed by atoms with Crippen molar-refractivity contribution in [3.8, 4) is 5.75 Å². The molecule has 0 aromatic heterocycles. The maximum absolute atomic E-state index is 12.4. The van der Waals surface area contributed by atoms with Crippen molar-refractivity contribution in [1.82, 2.24) is 15.5 Å². The van der Waals surface area contributed by atoms with Crippen LogP contribution in [0, 0.1) is 0 Å². The maximum Gasteiger partial charge on any atom is 0.224 e. The van der Waals surface area contributed by atoms with Crippen molar-refractivity contribution in [3.05, 3.63) is 29.8 Å². The van der Waals surface area contributed by atoms with Gasteiger partial charge < -0.3 is 20.3 Å². The molecule has 6 heteroatoms. The van der Waals surface area contributed by atoms with E-state index in [2.05, 4.69) is 41.6 Å². The summed E-state index contributed by atoms with van der Waals surface area (Å²) in [5.41, 5.74) is 1.30. The summed E-state index contributed by atoms with van der Waals surface area (Å²) in [5, 5.41) is 6.60. The zero-order chi connectivity index (χ0) is 20.4. The van der Waals surface area contributed by atoms with Crippen molar-refractivity contribution in [2.24, 2.45) is 4.99 Å². The van der Waals surface area contributed by atoms with Crippen LogP contribution >= 0.6 is 0 Å². The molecular weight excluding hydrogens is 352 g/mol. The number of nitrogens with zero attached hydrogens (tertiary/aromatic N) is 2. The molecule has 156 valence electrons. The van der Waals surface area contributed by atoms with Crippen molar-refractivity contribution in [2.75, 3.05) is 33.8 Å². The minimum atomic E-state index is 0.239. The van der Waals surface area contributed by atoms with Crippen LogP contribution in [0.1, 0.15) is 57.4 Å². The summed E-state index contributed by atoms with van der Waals surface area (Å²) in [6, 6.07) is 8.60. The Morgan fingerprint density at radius 2 is 1.96 bits per heavy atom. The molecule has 2 unspecified atom stereocenters. The smallest absolute Gasteiger partial charge is 0.224 e. The number of rotatable bonds is 8. The molecule has 1 saturated heterocycles. The average Bonchev–Trinajstić information content (AvgIpc) is 2.72. The number of aliphatic imine (C=N–C) groups is 1. The first-order valence-electron chi connectivity index (χ1n) is 10.4. The Kier molecular flexibility index (Phi) is 9.11. The molecule has 6 nitrogen and oxygen atoms in total. The van der Waals surface area contributed by atoms with E-state index < -0.39 is 0 Å². The second-order valence-electron chi connectivity index (χ2n) is 7.57. The fourth-order valence-electron chi connectivity index (χ4n) is 3.63. The standard InChI is InChI=1S/C22H36N4O2/c1-17(19-8-10-20(28-4)11-9-19)12-14-24-22(23-3)25-15-13-21(27)26-16-6-5-7-18(26)2/h8-11,17-18H,5-7,12-16H2,1-4H3,(H2,23,24,25). The third kappa shape index (κ3) is 6.73. The second-order valence-corrected chi connectivity index (χ2v) is 7.57. The van der Waals surface area contributed by atoms with Gasteiger partial charge in [-0.2, -0.15) is 0 Å². The normalized spacial score (nSPS) is 18.5. The minimum Gasteiger partial charge on any atom is -0.497 e. The first-order valence-corrected chi connectivity index (χ1v) is 10.4. The summed E-state index contributed by atoms with van der Waals surface area (Å²) >= 11 is 0. The third-order valence-electron chi connectivity index (χ3n) is 5.53. The van der Waals surface area contributed by atoms with Crippen LogP contribution < -0.4 is 15.4 Å². The second kappa shape index (κ2) is 11.6. The van der Waals surface area contributed by atoms with Gasteiger partial charge in [-0.05, 0) is 56.2 Å². The van der Waals surface area contributed by atoms with Gasteiger partial charge in [0.05, 0.1) is 7.11 Å². The first-order chi connectivity index (χ1) is 13.5. The lowest BCUT2D eigenvalue weighted by Crippen LogP contribution is -2.44. The highest BCUT2D eigenvalue weighted by atomic mass is 16.5. The summed E-state index contributed by atoms with van der Waals surface area (Å²) in [5.74, 6) is 2.32. The summed E-state index contributed by atoms with van der Waals surface area (Å²) in [4.78, 5) is 18.7. The van der Waals surface area contributed by atoms with Gasteiger partial charge in [0.25, 0.3) is 0 Å². The largest absolute Gasteiger partial charge is 0.497 e. The minimum absolute atomic E-state index is 0.239. The molecule has 1 amide bonds. The monoisotopic (exact) mass is 388 g/mol. The number of nitrogens with one attached hydrogen (secondary N) is 2. The molecule has 1 aliphatic heterocycles. The highest BCUT2D eigenvalue weighted by Crippen LogP contribution is 2.21. The van der Waals surface area contributed by atoms with Gasteiger partial charge in [0.15, 0.2) is 5.96 Å². The zero-order valence-corrected chi connectivity index (χ0v) is 17.8. The molecule has 2 N–H and O–H groups in total. The number of guanidine groups is 1. The summed E-state index contributed by atoms with van der Waals surface area (Å²) in [6.07, 6.45) is 4.98. The Bertz CT molecular complexity index is 630. The fraction of sp³-hybridized carbons (Fsp3) is 0.636. The number of methoxy groups -OCH3 is 1. The van der Waals surface area contributed by atoms with Gasteiger partial charge in [-0.25, -0.2) is 0 Å². The van der Waals surface area contributed by atoms with Gasteiger partial charge in [-0.15, -0.1) is 0 Å². The predicted octanol–water partition coefficient (Wildman–Crippen LogP) is 3.14. The number of benzene rings is 1. The Morgan fingerprint density at radius 1 is 1.25 bits per heavy atom. The molecule has 2 atom stereocenters. The number of carbonyl (C=O) groups excluding carboxylic acids is 1. The first kappa shape index (κ1) is 22.1. The van der Waals surface area contributed by atoms with Crippen LogP contribution in [0.15, 0.2) is 29.3 Å². The fourth-order valence-corrected chi connectivity index (χ4v) is 3.63. The molecular formula is C22H36N4O2. The van der Waals surface area contributed by atoms with E-state index in [1.807, 2.05) is 17.0 Å². The van der Waals surface area contributed by atoms with Crippen molar-refractivity contribution >= 4 is 11.9 Å². The highest BCUT2D eigenvalue weighted by molar-refractivity contribution is 5.81. The maximum atomic E-state index is 12.4.